The zero-order chi connectivity index (χ0) is 20.2. The zero-order valence-corrected chi connectivity index (χ0v) is 13.5. The van der Waals surface area contributed by atoms with Crippen LogP contribution in [0.1, 0.15) is 0 Å². The molecule has 26 heavy (non-hydrogen) atoms. The summed E-state index contributed by atoms with van der Waals surface area (Å²) in [5.41, 5.74) is -2.99. The van der Waals surface area contributed by atoms with Crippen molar-refractivity contribution in [3.8, 4) is 0 Å². The molecule has 0 radical (unpaired) electrons. The van der Waals surface area contributed by atoms with Gasteiger partial charge in [0.1, 0.15) is 18.3 Å². The number of aliphatic hydroxyl groups excluding tert-OH is 4. The number of carbonyl (C=O) groups is 2. The van der Waals surface area contributed by atoms with Crippen LogP contribution in [0.5, 0.6) is 0 Å². The first kappa shape index (κ1) is 21.5. The normalized spacial score (nSPS) is 32.1. The highest BCUT2D eigenvalue weighted by molar-refractivity contribution is 5.74. The summed E-state index contributed by atoms with van der Waals surface area (Å²) in [5, 5.41) is 58.1. The van der Waals surface area contributed by atoms with Crippen LogP contribution in [0.2, 0.25) is 0 Å². The van der Waals surface area contributed by atoms with Crippen LogP contribution in [0.25, 0.3) is 0 Å². The van der Waals surface area contributed by atoms with Crippen molar-refractivity contribution in [2.45, 2.75) is 36.6 Å². The van der Waals surface area contributed by atoms with Crippen molar-refractivity contribution in [2.24, 2.45) is 10.6 Å². The summed E-state index contributed by atoms with van der Waals surface area (Å²) in [7, 11) is 1.84. The number of urea groups is 2. The molecule has 6 atom stereocenters. The maximum absolute atomic E-state index is 11.6. The molecule has 1 aliphatic rings. The molecule has 0 aromatic rings. The third-order valence-electron chi connectivity index (χ3n) is 3.50. The van der Waals surface area contributed by atoms with Gasteiger partial charge < -0.3 is 40.9 Å². The largest absolute Gasteiger partial charge is 0.387 e. The second kappa shape index (κ2) is 8.25. The molecular weight excluding hydrogens is 364 g/mol. The van der Waals surface area contributed by atoms with Gasteiger partial charge in [-0.25, -0.2) is 9.59 Å². The number of ether oxygens (including phenoxy) is 1. The van der Waals surface area contributed by atoms with Gasteiger partial charge in [-0.05, 0) is 0 Å². The van der Waals surface area contributed by atoms with Crippen molar-refractivity contribution in [1.82, 2.24) is 20.7 Å². The maximum Gasteiger partial charge on any atom is 0.342 e. The first-order valence-electron chi connectivity index (χ1n) is 6.86. The molecule has 1 heterocycles. The van der Waals surface area contributed by atoms with E-state index >= 15 is 0 Å². The minimum absolute atomic E-state index is 0.174. The summed E-state index contributed by atoms with van der Waals surface area (Å²) in [4.78, 5) is 43.5. The number of nitroso groups, excluding NO2 is 2. The molecule has 0 bridgehead atoms. The molecule has 1 rings (SSSR count). The molecule has 1 saturated heterocycles. The van der Waals surface area contributed by atoms with Gasteiger partial charge >= 0.3 is 12.1 Å². The van der Waals surface area contributed by atoms with Gasteiger partial charge in [-0.15, -0.1) is 9.81 Å². The smallest absolute Gasteiger partial charge is 0.342 e. The standard InChI is InChI=1S/C10H18N6O10/c1-15(13-24)8(21)11-6(19)4-3(17)5(18)10(23,7(20)26-4)12-9(22)16(2)14-25/h3-7,17-20,23H,1-2H3,(H,11,21)(H,12,22)/t3-,4+,5+,6?,7?,10-/m1/s1. The third kappa shape index (κ3) is 4.18. The third-order valence-corrected chi connectivity index (χ3v) is 3.50. The van der Waals surface area contributed by atoms with E-state index in [1.54, 1.807) is 10.6 Å². The minimum Gasteiger partial charge on any atom is -0.387 e. The van der Waals surface area contributed by atoms with Crippen molar-refractivity contribution in [2.75, 3.05) is 14.1 Å². The molecule has 0 aromatic carbocycles. The number of carbonyl (C=O) groups excluding carboxylic acids is 2. The monoisotopic (exact) mass is 382 g/mol. The summed E-state index contributed by atoms with van der Waals surface area (Å²) in [6.07, 6.45) is -10.9. The van der Waals surface area contributed by atoms with E-state index in [0.29, 0.717) is 0 Å². The second-order valence-electron chi connectivity index (χ2n) is 5.25. The molecule has 0 spiro atoms. The van der Waals surface area contributed by atoms with Gasteiger partial charge in [0.15, 0.2) is 6.23 Å². The lowest BCUT2D eigenvalue weighted by Crippen LogP contribution is -2.75. The zero-order valence-electron chi connectivity index (χ0n) is 13.5. The van der Waals surface area contributed by atoms with Crippen molar-refractivity contribution >= 4 is 12.1 Å². The lowest BCUT2D eigenvalue weighted by molar-refractivity contribution is -0.343. The van der Waals surface area contributed by atoms with Crippen LogP contribution in [-0.4, -0.2) is 98.3 Å². The number of aliphatic hydroxyl groups is 5. The van der Waals surface area contributed by atoms with E-state index < -0.39 is 48.6 Å². The van der Waals surface area contributed by atoms with Crippen LogP contribution in [-0.2, 0) is 4.74 Å². The lowest BCUT2D eigenvalue weighted by Gasteiger charge is -2.47. The van der Waals surface area contributed by atoms with Gasteiger partial charge in [0.25, 0.3) is 0 Å². The van der Waals surface area contributed by atoms with Crippen molar-refractivity contribution in [1.29, 1.82) is 0 Å². The lowest BCUT2D eigenvalue weighted by atomic mass is 9.92. The first-order valence-corrected chi connectivity index (χ1v) is 6.86. The van der Waals surface area contributed by atoms with Crippen molar-refractivity contribution in [3.05, 3.63) is 9.81 Å². The Morgan fingerprint density at radius 3 is 2.12 bits per heavy atom. The molecule has 2 unspecified atom stereocenters. The Morgan fingerprint density at radius 2 is 1.62 bits per heavy atom. The molecular formula is C10H18N6O10. The minimum atomic E-state index is -2.99. The van der Waals surface area contributed by atoms with E-state index in [1.807, 2.05) is 0 Å². The Hall–Kier alpha value is -2.50. The van der Waals surface area contributed by atoms with E-state index in [9.17, 15) is 44.9 Å². The highest BCUT2D eigenvalue weighted by atomic mass is 16.6. The van der Waals surface area contributed by atoms with Crippen molar-refractivity contribution in [3.63, 3.8) is 0 Å². The number of nitrogens with one attached hydrogen (secondary N) is 2. The fraction of sp³-hybridized carbons (Fsp3) is 0.800. The van der Waals surface area contributed by atoms with Gasteiger partial charge in [0.2, 0.25) is 12.0 Å². The fourth-order valence-electron chi connectivity index (χ4n) is 1.94. The van der Waals surface area contributed by atoms with Gasteiger partial charge in [0.05, 0.1) is 10.6 Å². The topological polar surface area (TPSA) is 234 Å². The summed E-state index contributed by atoms with van der Waals surface area (Å²) in [6.45, 7) is 0. The average molecular weight is 382 g/mol. The van der Waals surface area contributed by atoms with Crippen LogP contribution < -0.4 is 10.6 Å². The predicted octanol–water partition coefficient (Wildman–Crippen LogP) is -3.92. The summed E-state index contributed by atoms with van der Waals surface area (Å²) in [6, 6.07) is -2.57. The number of rotatable bonds is 5. The van der Waals surface area contributed by atoms with Gasteiger partial charge in [-0.1, -0.05) is 0 Å². The van der Waals surface area contributed by atoms with Gasteiger partial charge in [-0.3, -0.25) is 0 Å². The maximum atomic E-state index is 11.6. The van der Waals surface area contributed by atoms with E-state index in [1.165, 1.54) is 0 Å². The number of hydrogen-bond donors (Lipinski definition) is 7. The molecule has 4 amide bonds. The quantitative estimate of drug-likeness (QED) is 0.138. The van der Waals surface area contributed by atoms with Crippen LogP contribution in [0.15, 0.2) is 10.6 Å². The predicted molar refractivity (Wildman–Crippen MR) is 78.0 cm³/mol. The highest BCUT2D eigenvalue weighted by Crippen LogP contribution is 2.28. The molecule has 0 saturated carbocycles. The van der Waals surface area contributed by atoms with Crippen LogP contribution in [0.4, 0.5) is 9.59 Å². The number of hydrogen-bond acceptors (Lipinski definition) is 12. The van der Waals surface area contributed by atoms with Crippen LogP contribution in [0, 0.1) is 9.81 Å². The first-order chi connectivity index (χ1) is 12.0. The van der Waals surface area contributed by atoms with Crippen molar-refractivity contribution < 1.29 is 39.9 Å². The summed E-state index contributed by atoms with van der Waals surface area (Å²) < 4.78 is 4.74. The molecule has 1 fully saturated rings. The molecule has 148 valence electrons. The van der Waals surface area contributed by atoms with E-state index in [2.05, 4.69) is 10.6 Å². The number of amides is 4. The molecule has 16 nitrogen and oxygen atoms in total. The summed E-state index contributed by atoms with van der Waals surface area (Å²) >= 11 is 0. The van der Waals surface area contributed by atoms with Crippen LogP contribution in [0.3, 0.4) is 0 Å². The summed E-state index contributed by atoms with van der Waals surface area (Å²) in [5.74, 6) is 0. The van der Waals surface area contributed by atoms with Crippen LogP contribution >= 0.6 is 0 Å². The molecule has 0 aliphatic carbocycles. The molecule has 0 aromatic heterocycles. The Morgan fingerprint density at radius 1 is 1.12 bits per heavy atom. The Kier molecular flexibility index (Phi) is 6.84. The Labute approximate surface area is 144 Å². The van der Waals surface area contributed by atoms with E-state index in [0.717, 1.165) is 14.1 Å². The average Bonchev–Trinajstić information content (AvgIpc) is 2.61. The van der Waals surface area contributed by atoms with E-state index in [-0.39, 0.29) is 10.0 Å². The molecule has 1 aliphatic heterocycles. The fourth-order valence-corrected chi connectivity index (χ4v) is 1.94. The molecule has 7 N–H and O–H groups in total. The van der Waals surface area contributed by atoms with Gasteiger partial charge in [0, 0.05) is 14.1 Å². The van der Waals surface area contributed by atoms with Gasteiger partial charge in [-0.2, -0.15) is 10.0 Å². The SMILES string of the molecule is CN(N=O)C(=O)NC(O)[C@H]1OC(O)[C@@](O)(NC(=O)N(C)N=O)[C@@H](O)[C@@H]1O. The highest BCUT2D eigenvalue weighted by Gasteiger charge is 2.57. The second-order valence-corrected chi connectivity index (χ2v) is 5.25. The molecule has 16 heteroatoms. The van der Waals surface area contributed by atoms with E-state index in [4.69, 9.17) is 4.74 Å². The Balaban J connectivity index is 2.91. The number of nitrogens with zero attached hydrogens (tertiary/aromatic N) is 4. The Bertz CT molecular complexity index is 562.